The van der Waals surface area contributed by atoms with Crippen LogP contribution in [0.15, 0.2) is 30.3 Å². The minimum absolute atomic E-state index is 0.164. The molecular weight excluding hydrogens is 270 g/mol. The lowest BCUT2D eigenvalue weighted by atomic mass is 10.3. The van der Waals surface area contributed by atoms with Crippen LogP contribution in [-0.2, 0) is 0 Å². The summed E-state index contributed by atoms with van der Waals surface area (Å²) in [5.74, 6) is 0.476. The molecule has 0 bridgehead atoms. The van der Waals surface area contributed by atoms with E-state index in [2.05, 4.69) is 0 Å². The van der Waals surface area contributed by atoms with Gasteiger partial charge in [0.1, 0.15) is 5.75 Å². The van der Waals surface area contributed by atoms with Gasteiger partial charge in [0.05, 0.1) is 23.0 Å². The van der Waals surface area contributed by atoms with E-state index < -0.39 is 4.92 Å². The van der Waals surface area contributed by atoms with E-state index >= 15 is 0 Å². The molecule has 0 radical (unpaired) electrons. The first-order valence-corrected chi connectivity index (χ1v) is 6.01. The fourth-order valence-corrected chi connectivity index (χ4v) is 2.14. The Bertz CT molecular complexity index is 622. The number of nitro benzene ring substituents is 1. The van der Waals surface area contributed by atoms with Crippen molar-refractivity contribution in [2.24, 2.45) is 0 Å². The number of hydrogen-bond donors (Lipinski definition) is 0. The molecule has 2 rings (SSSR count). The number of rotatable bonds is 5. The second-order valence-corrected chi connectivity index (χ2v) is 4.55. The molecule has 0 amide bonds. The number of carbonyl (C=O) groups excluding carboxylic acids is 1. The number of methoxy groups -OCH3 is 1. The van der Waals surface area contributed by atoms with E-state index in [4.69, 9.17) is 9.47 Å². The lowest BCUT2D eigenvalue weighted by molar-refractivity contribution is -0.385. The van der Waals surface area contributed by atoms with Crippen molar-refractivity contribution < 1.29 is 19.2 Å². The summed E-state index contributed by atoms with van der Waals surface area (Å²) in [5.41, 5.74) is -0.174. The standard InChI is InChI=1S/C12H9NO5S/c1-17-11-4-2-8(6-10(11)13(15)16)18-12-5-3-9(7-14)19-12/h2-7H,1H3. The fourth-order valence-electron chi connectivity index (χ4n) is 1.44. The van der Waals surface area contributed by atoms with Crippen LogP contribution in [0.5, 0.6) is 16.6 Å². The molecule has 1 heterocycles. The normalized spacial score (nSPS) is 9.95. The van der Waals surface area contributed by atoms with Gasteiger partial charge in [0.15, 0.2) is 17.1 Å². The largest absolute Gasteiger partial charge is 0.490 e. The van der Waals surface area contributed by atoms with Gasteiger partial charge < -0.3 is 9.47 Å². The first-order valence-electron chi connectivity index (χ1n) is 5.19. The zero-order valence-corrected chi connectivity index (χ0v) is 10.7. The van der Waals surface area contributed by atoms with Crippen molar-refractivity contribution in [3.8, 4) is 16.6 Å². The SMILES string of the molecule is COc1ccc(Oc2ccc(C=O)s2)cc1[N+](=O)[O-]. The zero-order chi connectivity index (χ0) is 13.8. The van der Waals surface area contributed by atoms with Crippen molar-refractivity contribution in [2.75, 3.05) is 7.11 Å². The van der Waals surface area contributed by atoms with Crippen molar-refractivity contribution in [2.45, 2.75) is 0 Å². The van der Waals surface area contributed by atoms with Crippen LogP contribution in [0.4, 0.5) is 5.69 Å². The molecule has 0 unspecified atom stereocenters. The summed E-state index contributed by atoms with van der Waals surface area (Å²) >= 11 is 1.16. The summed E-state index contributed by atoms with van der Waals surface area (Å²) in [6.45, 7) is 0. The van der Waals surface area contributed by atoms with E-state index in [-0.39, 0.29) is 11.4 Å². The predicted octanol–water partition coefficient (Wildman–Crippen LogP) is 3.27. The maximum absolute atomic E-state index is 10.9. The highest BCUT2D eigenvalue weighted by atomic mass is 32.1. The van der Waals surface area contributed by atoms with Crippen molar-refractivity contribution >= 4 is 23.3 Å². The highest BCUT2D eigenvalue weighted by Gasteiger charge is 2.16. The van der Waals surface area contributed by atoms with Crippen molar-refractivity contribution in [1.29, 1.82) is 0 Å². The maximum Gasteiger partial charge on any atom is 0.314 e. The van der Waals surface area contributed by atoms with E-state index in [1.54, 1.807) is 18.2 Å². The molecule has 19 heavy (non-hydrogen) atoms. The molecular formula is C12H9NO5S. The Morgan fingerprint density at radius 3 is 2.68 bits per heavy atom. The van der Waals surface area contributed by atoms with Gasteiger partial charge in [-0.2, -0.15) is 0 Å². The Balaban J connectivity index is 2.28. The second-order valence-electron chi connectivity index (χ2n) is 3.47. The molecule has 2 aromatic rings. The number of benzene rings is 1. The van der Waals surface area contributed by atoms with Gasteiger partial charge in [-0.05, 0) is 24.3 Å². The number of hydrogen-bond acceptors (Lipinski definition) is 6. The summed E-state index contributed by atoms with van der Waals surface area (Å²) in [5, 5.41) is 11.3. The number of ether oxygens (including phenoxy) is 2. The average Bonchev–Trinajstić information content (AvgIpc) is 2.86. The van der Waals surface area contributed by atoms with Crippen molar-refractivity contribution in [3.05, 3.63) is 45.3 Å². The molecule has 0 aliphatic rings. The second kappa shape index (κ2) is 5.49. The third kappa shape index (κ3) is 2.89. The highest BCUT2D eigenvalue weighted by molar-refractivity contribution is 7.15. The molecule has 0 N–H and O–H groups in total. The fraction of sp³-hybridized carbons (Fsp3) is 0.0833. The third-order valence-electron chi connectivity index (χ3n) is 2.28. The molecule has 98 valence electrons. The molecule has 7 heteroatoms. The number of thiophene rings is 1. The average molecular weight is 279 g/mol. The lowest BCUT2D eigenvalue weighted by Crippen LogP contribution is -1.94. The summed E-state index contributed by atoms with van der Waals surface area (Å²) in [4.78, 5) is 21.4. The third-order valence-corrected chi connectivity index (χ3v) is 3.17. The van der Waals surface area contributed by atoms with Gasteiger partial charge in [0, 0.05) is 0 Å². The number of nitrogens with zero attached hydrogens (tertiary/aromatic N) is 1. The van der Waals surface area contributed by atoms with Gasteiger partial charge in [-0.1, -0.05) is 11.3 Å². The van der Waals surface area contributed by atoms with Gasteiger partial charge in [-0.3, -0.25) is 14.9 Å². The van der Waals surface area contributed by atoms with E-state index in [0.29, 0.717) is 22.0 Å². The van der Waals surface area contributed by atoms with Gasteiger partial charge in [-0.15, -0.1) is 0 Å². The van der Waals surface area contributed by atoms with Gasteiger partial charge in [0.2, 0.25) is 0 Å². The first-order chi connectivity index (χ1) is 9.13. The van der Waals surface area contributed by atoms with Crippen LogP contribution < -0.4 is 9.47 Å². The van der Waals surface area contributed by atoms with E-state index in [1.165, 1.54) is 19.2 Å². The minimum Gasteiger partial charge on any atom is -0.490 e. The molecule has 0 spiro atoms. The summed E-state index contributed by atoms with van der Waals surface area (Å²) in [6.07, 6.45) is 0.716. The van der Waals surface area contributed by atoms with Gasteiger partial charge in [-0.25, -0.2) is 0 Å². The monoisotopic (exact) mass is 279 g/mol. The molecule has 0 aliphatic carbocycles. The van der Waals surface area contributed by atoms with E-state index in [0.717, 1.165) is 11.3 Å². The zero-order valence-electron chi connectivity index (χ0n) is 9.86. The Morgan fingerprint density at radius 1 is 1.32 bits per heavy atom. The highest BCUT2D eigenvalue weighted by Crippen LogP contribution is 2.34. The minimum atomic E-state index is -0.545. The van der Waals surface area contributed by atoms with Crippen LogP contribution in [0.2, 0.25) is 0 Å². The number of nitro groups is 1. The molecule has 0 saturated heterocycles. The number of aldehydes is 1. The van der Waals surface area contributed by atoms with Gasteiger partial charge >= 0.3 is 5.69 Å². The first kappa shape index (κ1) is 13.0. The molecule has 1 aromatic heterocycles. The molecule has 0 fully saturated rings. The van der Waals surface area contributed by atoms with Crippen molar-refractivity contribution in [3.63, 3.8) is 0 Å². The summed E-state index contributed by atoms with van der Waals surface area (Å²) < 4.78 is 10.3. The Morgan fingerprint density at radius 2 is 2.11 bits per heavy atom. The molecule has 1 aromatic carbocycles. The van der Waals surface area contributed by atoms with Crippen LogP contribution in [0.25, 0.3) is 0 Å². The molecule has 0 saturated carbocycles. The maximum atomic E-state index is 10.9. The van der Waals surface area contributed by atoms with Crippen molar-refractivity contribution in [1.82, 2.24) is 0 Å². The molecule has 6 nitrogen and oxygen atoms in total. The Labute approximate surface area is 112 Å². The van der Waals surface area contributed by atoms with Crippen LogP contribution in [0, 0.1) is 10.1 Å². The Kier molecular flexibility index (Phi) is 3.76. The quantitative estimate of drug-likeness (QED) is 0.477. The topological polar surface area (TPSA) is 78.7 Å². The van der Waals surface area contributed by atoms with Gasteiger partial charge in [0.25, 0.3) is 0 Å². The van der Waals surface area contributed by atoms with Crippen LogP contribution in [0.1, 0.15) is 9.67 Å². The van der Waals surface area contributed by atoms with Crippen LogP contribution >= 0.6 is 11.3 Å². The van der Waals surface area contributed by atoms with Crippen LogP contribution in [0.3, 0.4) is 0 Å². The predicted molar refractivity (Wildman–Crippen MR) is 69.4 cm³/mol. The van der Waals surface area contributed by atoms with Crippen LogP contribution in [-0.4, -0.2) is 18.3 Å². The van der Waals surface area contributed by atoms with E-state index in [1.807, 2.05) is 0 Å². The number of carbonyl (C=O) groups is 1. The summed E-state index contributed by atoms with van der Waals surface area (Å²) in [6, 6.07) is 7.54. The molecule has 0 atom stereocenters. The lowest BCUT2D eigenvalue weighted by Gasteiger charge is -2.05. The van der Waals surface area contributed by atoms with E-state index in [9.17, 15) is 14.9 Å². The summed E-state index contributed by atoms with van der Waals surface area (Å²) in [7, 11) is 1.36. The smallest absolute Gasteiger partial charge is 0.314 e. The molecule has 0 aliphatic heterocycles. The Hall–Kier alpha value is -2.41.